The molecule has 1 heterocycles. The summed E-state index contributed by atoms with van der Waals surface area (Å²) in [5, 5.41) is 0. The van der Waals surface area contributed by atoms with E-state index in [9.17, 15) is 8.78 Å². The number of H-pyrrole nitrogens is 1. The molecular weight excluding hydrogens is 250 g/mol. The van der Waals surface area contributed by atoms with Gasteiger partial charge in [0.2, 0.25) is 0 Å². The fraction of sp³-hybridized carbons (Fsp3) is 0.0714. The predicted molar refractivity (Wildman–Crippen MR) is 68.0 cm³/mol. The lowest BCUT2D eigenvalue weighted by Gasteiger charge is -2.04. The van der Waals surface area contributed by atoms with Crippen molar-refractivity contribution in [3.63, 3.8) is 0 Å². The lowest BCUT2D eigenvalue weighted by atomic mass is 10.2. The van der Waals surface area contributed by atoms with Gasteiger partial charge in [-0.1, -0.05) is 12.1 Å². The van der Waals surface area contributed by atoms with Gasteiger partial charge in [0.15, 0.2) is 5.82 Å². The zero-order valence-electron chi connectivity index (χ0n) is 10.1. The van der Waals surface area contributed by atoms with Gasteiger partial charge in [-0.2, -0.15) is 0 Å². The van der Waals surface area contributed by atoms with Crippen LogP contribution in [0.1, 0.15) is 0 Å². The number of nitrogens with zero attached hydrogens (tertiary/aromatic N) is 1. The molecule has 19 heavy (non-hydrogen) atoms. The molecule has 0 atom stereocenters. The maximum atomic E-state index is 13.6. The fourth-order valence-corrected chi connectivity index (χ4v) is 2.01. The standard InChI is InChI=1S/C14H10F2N2O/c1-19-12-5-3-2-4-9(12)14-17-11-7-8(15)6-10(16)13(11)18-14/h2-7H,1H3,(H,17,18). The number of ether oxygens (including phenoxy) is 1. The molecule has 0 amide bonds. The average molecular weight is 260 g/mol. The smallest absolute Gasteiger partial charge is 0.153 e. The number of methoxy groups -OCH3 is 1. The molecule has 0 saturated heterocycles. The van der Waals surface area contributed by atoms with Crippen LogP contribution in [0, 0.1) is 11.6 Å². The van der Waals surface area contributed by atoms with Crippen molar-refractivity contribution < 1.29 is 13.5 Å². The van der Waals surface area contributed by atoms with E-state index in [0.29, 0.717) is 22.7 Å². The molecular formula is C14H10F2N2O. The Hall–Kier alpha value is -2.43. The van der Waals surface area contributed by atoms with Gasteiger partial charge in [-0.15, -0.1) is 0 Å². The highest BCUT2D eigenvalue weighted by Gasteiger charge is 2.13. The van der Waals surface area contributed by atoms with E-state index < -0.39 is 11.6 Å². The van der Waals surface area contributed by atoms with Gasteiger partial charge in [0.1, 0.15) is 22.9 Å². The number of aromatic amines is 1. The van der Waals surface area contributed by atoms with Crippen LogP contribution < -0.4 is 4.74 Å². The molecule has 1 N–H and O–H groups in total. The second kappa shape index (κ2) is 4.35. The topological polar surface area (TPSA) is 37.9 Å². The van der Waals surface area contributed by atoms with E-state index >= 15 is 0 Å². The number of rotatable bonds is 2. The van der Waals surface area contributed by atoms with Crippen LogP contribution >= 0.6 is 0 Å². The SMILES string of the molecule is COc1ccccc1-c1nc2c(F)cc(F)cc2[nH]1. The summed E-state index contributed by atoms with van der Waals surface area (Å²) in [4.78, 5) is 7.05. The van der Waals surface area contributed by atoms with E-state index in [-0.39, 0.29) is 5.52 Å². The third-order valence-electron chi connectivity index (χ3n) is 2.87. The van der Waals surface area contributed by atoms with Crippen molar-refractivity contribution in [3.05, 3.63) is 48.0 Å². The first-order chi connectivity index (χ1) is 9.19. The summed E-state index contributed by atoms with van der Waals surface area (Å²) in [5.74, 6) is -0.271. The molecule has 0 unspecified atom stereocenters. The van der Waals surface area contributed by atoms with E-state index in [1.807, 2.05) is 12.1 Å². The average Bonchev–Trinajstić information content (AvgIpc) is 2.82. The Morgan fingerprint density at radius 1 is 1.16 bits per heavy atom. The van der Waals surface area contributed by atoms with Crippen LogP contribution in [0.25, 0.3) is 22.4 Å². The number of fused-ring (bicyclic) bond motifs is 1. The first kappa shape index (κ1) is 11.6. The minimum Gasteiger partial charge on any atom is -0.496 e. The maximum absolute atomic E-state index is 13.6. The quantitative estimate of drug-likeness (QED) is 0.765. The second-order valence-electron chi connectivity index (χ2n) is 4.07. The van der Waals surface area contributed by atoms with Crippen LogP contribution in [0.2, 0.25) is 0 Å². The predicted octanol–water partition coefficient (Wildman–Crippen LogP) is 3.52. The Labute approximate surface area is 107 Å². The molecule has 0 saturated carbocycles. The molecule has 0 fully saturated rings. The summed E-state index contributed by atoms with van der Waals surface area (Å²) in [6.07, 6.45) is 0. The van der Waals surface area contributed by atoms with Crippen LogP contribution in [-0.4, -0.2) is 17.1 Å². The summed E-state index contributed by atoms with van der Waals surface area (Å²) in [5.41, 5.74) is 1.13. The third kappa shape index (κ3) is 1.93. The van der Waals surface area contributed by atoms with Gasteiger partial charge in [-0.05, 0) is 18.2 Å². The molecule has 3 nitrogen and oxygen atoms in total. The third-order valence-corrected chi connectivity index (χ3v) is 2.87. The monoisotopic (exact) mass is 260 g/mol. The van der Waals surface area contributed by atoms with E-state index in [0.717, 1.165) is 6.07 Å². The lowest BCUT2D eigenvalue weighted by molar-refractivity contribution is 0.416. The van der Waals surface area contributed by atoms with Crippen molar-refractivity contribution in [2.45, 2.75) is 0 Å². The zero-order valence-corrected chi connectivity index (χ0v) is 10.1. The normalized spacial score (nSPS) is 10.9. The van der Waals surface area contributed by atoms with Crippen molar-refractivity contribution in [2.75, 3.05) is 7.11 Å². The largest absolute Gasteiger partial charge is 0.496 e. The molecule has 0 aliphatic heterocycles. The van der Waals surface area contributed by atoms with E-state index in [4.69, 9.17) is 4.74 Å². The van der Waals surface area contributed by atoms with Crippen LogP contribution in [0.3, 0.4) is 0 Å². The number of hydrogen-bond acceptors (Lipinski definition) is 2. The minimum absolute atomic E-state index is 0.113. The highest BCUT2D eigenvalue weighted by atomic mass is 19.1. The van der Waals surface area contributed by atoms with Crippen molar-refractivity contribution in [1.29, 1.82) is 0 Å². The number of aromatic nitrogens is 2. The van der Waals surface area contributed by atoms with Crippen molar-refractivity contribution >= 4 is 11.0 Å². The number of para-hydroxylation sites is 1. The molecule has 0 bridgehead atoms. The first-order valence-corrected chi connectivity index (χ1v) is 5.67. The van der Waals surface area contributed by atoms with Crippen molar-refractivity contribution in [3.8, 4) is 17.1 Å². The molecule has 3 aromatic rings. The lowest BCUT2D eigenvalue weighted by Crippen LogP contribution is -1.88. The summed E-state index contributed by atoms with van der Waals surface area (Å²) in [6.45, 7) is 0. The van der Waals surface area contributed by atoms with Crippen molar-refractivity contribution in [1.82, 2.24) is 9.97 Å². The Bertz CT molecular complexity index is 752. The first-order valence-electron chi connectivity index (χ1n) is 5.67. The zero-order chi connectivity index (χ0) is 13.4. The highest BCUT2D eigenvalue weighted by molar-refractivity contribution is 5.81. The summed E-state index contributed by atoms with van der Waals surface area (Å²) >= 11 is 0. The van der Waals surface area contributed by atoms with Gasteiger partial charge >= 0.3 is 0 Å². The molecule has 96 valence electrons. The minimum atomic E-state index is -0.688. The molecule has 0 aliphatic carbocycles. The number of imidazole rings is 1. The van der Waals surface area contributed by atoms with Crippen LogP contribution in [0.5, 0.6) is 5.75 Å². The molecule has 1 aromatic heterocycles. The summed E-state index contributed by atoms with van der Waals surface area (Å²) in [7, 11) is 1.54. The molecule has 0 aliphatic rings. The number of halogens is 2. The van der Waals surface area contributed by atoms with Gasteiger partial charge in [-0.25, -0.2) is 13.8 Å². The van der Waals surface area contributed by atoms with Gasteiger partial charge in [0, 0.05) is 6.07 Å². The Morgan fingerprint density at radius 3 is 2.74 bits per heavy atom. The number of benzene rings is 2. The van der Waals surface area contributed by atoms with Gasteiger partial charge < -0.3 is 9.72 Å². The van der Waals surface area contributed by atoms with E-state index in [1.54, 1.807) is 19.2 Å². The van der Waals surface area contributed by atoms with E-state index in [2.05, 4.69) is 9.97 Å². The van der Waals surface area contributed by atoms with Crippen LogP contribution in [0.15, 0.2) is 36.4 Å². The van der Waals surface area contributed by atoms with Gasteiger partial charge in [-0.3, -0.25) is 0 Å². The highest BCUT2D eigenvalue weighted by Crippen LogP contribution is 2.29. The molecule has 3 rings (SSSR count). The molecule has 2 aromatic carbocycles. The Morgan fingerprint density at radius 2 is 1.95 bits per heavy atom. The van der Waals surface area contributed by atoms with Gasteiger partial charge in [0.25, 0.3) is 0 Å². The second-order valence-corrected chi connectivity index (χ2v) is 4.07. The Balaban J connectivity index is 2.23. The molecule has 0 spiro atoms. The molecule has 0 radical (unpaired) electrons. The van der Waals surface area contributed by atoms with Gasteiger partial charge in [0.05, 0.1) is 18.2 Å². The maximum Gasteiger partial charge on any atom is 0.153 e. The van der Waals surface area contributed by atoms with Crippen LogP contribution in [0.4, 0.5) is 8.78 Å². The number of hydrogen-bond donors (Lipinski definition) is 1. The summed E-state index contributed by atoms with van der Waals surface area (Å²) < 4.78 is 32.0. The van der Waals surface area contributed by atoms with Crippen LogP contribution in [-0.2, 0) is 0 Å². The number of nitrogens with one attached hydrogen (secondary N) is 1. The summed E-state index contributed by atoms with van der Waals surface area (Å²) in [6, 6.07) is 9.25. The fourth-order valence-electron chi connectivity index (χ4n) is 2.01. The molecule has 5 heteroatoms. The Kier molecular flexibility index (Phi) is 2.67. The van der Waals surface area contributed by atoms with E-state index in [1.165, 1.54) is 6.07 Å². The van der Waals surface area contributed by atoms with Crippen molar-refractivity contribution in [2.24, 2.45) is 0 Å².